The first-order valence-corrected chi connectivity index (χ1v) is 12.1. The Morgan fingerprint density at radius 1 is 1.14 bits per heavy atom. The fourth-order valence-electron chi connectivity index (χ4n) is 4.77. The number of carbonyl (C=O) groups is 2. The van der Waals surface area contributed by atoms with Gasteiger partial charge in [0.1, 0.15) is 19.0 Å². The van der Waals surface area contributed by atoms with Crippen molar-refractivity contribution in [3.8, 4) is 0 Å². The van der Waals surface area contributed by atoms with Gasteiger partial charge in [-0.3, -0.25) is 9.36 Å². The van der Waals surface area contributed by atoms with Gasteiger partial charge in [-0.1, -0.05) is 18.2 Å². The number of fused-ring (bicyclic) bond motifs is 1. The van der Waals surface area contributed by atoms with Crippen LogP contribution < -0.4 is 5.32 Å². The molecule has 11 nitrogen and oxygen atoms in total. The van der Waals surface area contributed by atoms with E-state index >= 15 is 0 Å². The van der Waals surface area contributed by atoms with E-state index in [4.69, 9.17) is 14.2 Å². The molecule has 2 N–H and O–H groups in total. The van der Waals surface area contributed by atoms with Crippen LogP contribution in [0.1, 0.15) is 55.6 Å². The van der Waals surface area contributed by atoms with Crippen molar-refractivity contribution in [1.29, 1.82) is 0 Å². The topological polar surface area (TPSA) is 138 Å². The first kappa shape index (κ1) is 24.1. The Labute approximate surface area is 207 Å². The minimum absolute atomic E-state index is 0.0178. The molecule has 0 unspecified atom stereocenters. The SMILES string of the molecule is CC(=O)O[C@@H]1C[C@H](COC(=O)c2ccccc2)O[C@H]1n1cnc2c(NC3CCC(O)CC3)ncnc21. The molecular weight excluding hydrogens is 466 g/mol. The quantitative estimate of drug-likeness (QED) is 0.470. The second-order valence-corrected chi connectivity index (χ2v) is 9.19. The zero-order chi connectivity index (χ0) is 25.1. The van der Waals surface area contributed by atoms with Crippen molar-refractivity contribution in [1.82, 2.24) is 19.5 Å². The van der Waals surface area contributed by atoms with Crippen LogP contribution in [0.4, 0.5) is 5.82 Å². The highest BCUT2D eigenvalue weighted by atomic mass is 16.6. The lowest BCUT2D eigenvalue weighted by Crippen LogP contribution is -2.28. The number of aliphatic hydroxyl groups is 1. The minimum Gasteiger partial charge on any atom is -0.459 e. The number of anilines is 1. The molecule has 1 aliphatic carbocycles. The maximum Gasteiger partial charge on any atom is 0.338 e. The molecule has 2 aromatic heterocycles. The van der Waals surface area contributed by atoms with E-state index in [2.05, 4.69) is 20.3 Å². The lowest BCUT2D eigenvalue weighted by Gasteiger charge is -2.26. The summed E-state index contributed by atoms with van der Waals surface area (Å²) in [4.78, 5) is 37.4. The molecule has 3 aromatic rings. The van der Waals surface area contributed by atoms with Crippen LogP contribution in [0.15, 0.2) is 43.0 Å². The van der Waals surface area contributed by atoms with Gasteiger partial charge in [0.2, 0.25) is 0 Å². The number of hydrogen-bond acceptors (Lipinski definition) is 10. The summed E-state index contributed by atoms with van der Waals surface area (Å²) >= 11 is 0. The van der Waals surface area contributed by atoms with Crippen LogP contribution >= 0.6 is 0 Å². The van der Waals surface area contributed by atoms with Gasteiger partial charge >= 0.3 is 11.9 Å². The summed E-state index contributed by atoms with van der Waals surface area (Å²) in [6, 6.07) is 8.91. The molecule has 36 heavy (non-hydrogen) atoms. The van der Waals surface area contributed by atoms with E-state index in [1.807, 2.05) is 6.07 Å². The summed E-state index contributed by atoms with van der Waals surface area (Å²) in [5, 5.41) is 13.2. The molecule has 1 saturated carbocycles. The van der Waals surface area contributed by atoms with Gasteiger partial charge in [0, 0.05) is 19.4 Å². The van der Waals surface area contributed by atoms with Gasteiger partial charge in [-0.15, -0.1) is 0 Å². The van der Waals surface area contributed by atoms with Crippen molar-refractivity contribution in [3.05, 3.63) is 48.5 Å². The second kappa shape index (κ2) is 10.6. The number of nitrogens with zero attached hydrogens (tertiary/aromatic N) is 4. The number of aliphatic hydroxyl groups excluding tert-OH is 1. The summed E-state index contributed by atoms with van der Waals surface area (Å²) in [7, 11) is 0. The first-order chi connectivity index (χ1) is 17.5. The summed E-state index contributed by atoms with van der Waals surface area (Å²) in [6.45, 7) is 1.36. The molecule has 2 fully saturated rings. The van der Waals surface area contributed by atoms with Gasteiger partial charge in [-0.05, 0) is 37.8 Å². The molecule has 3 atom stereocenters. The molecule has 2 aliphatic rings. The molecule has 3 heterocycles. The van der Waals surface area contributed by atoms with Crippen molar-refractivity contribution in [3.63, 3.8) is 0 Å². The number of ether oxygens (including phenoxy) is 3. The molecule has 1 aromatic carbocycles. The number of carbonyl (C=O) groups excluding carboxylic acids is 2. The standard InChI is InChI=1S/C25H29N5O6/c1-15(31)35-20-11-19(12-34-25(33)16-5-3-2-4-6-16)36-24(20)30-14-28-21-22(26-13-27-23(21)30)29-17-7-9-18(32)10-8-17/h2-6,13-14,17-20,24,32H,7-12H2,1H3,(H,26,27,29)/t17?,18?,19-,20-,24-/m1/s1. The third kappa shape index (κ3) is 5.31. The van der Waals surface area contributed by atoms with Crippen LogP contribution in [0.3, 0.4) is 0 Å². The predicted octanol–water partition coefficient (Wildman–Crippen LogP) is 2.62. The molecule has 0 radical (unpaired) electrons. The van der Waals surface area contributed by atoms with Crippen LogP contribution in [0.25, 0.3) is 11.2 Å². The summed E-state index contributed by atoms with van der Waals surface area (Å²) in [5.74, 6) is -0.273. The number of esters is 2. The number of nitrogens with one attached hydrogen (secondary N) is 1. The van der Waals surface area contributed by atoms with Crippen molar-refractivity contribution >= 4 is 28.9 Å². The molecule has 1 aliphatic heterocycles. The number of hydrogen-bond donors (Lipinski definition) is 2. The van der Waals surface area contributed by atoms with Crippen LogP contribution in [0.2, 0.25) is 0 Å². The smallest absolute Gasteiger partial charge is 0.338 e. The monoisotopic (exact) mass is 495 g/mol. The highest BCUT2D eigenvalue weighted by Crippen LogP contribution is 2.34. The third-order valence-corrected chi connectivity index (χ3v) is 6.54. The molecule has 190 valence electrons. The normalized spacial score (nSPS) is 26.0. The molecule has 1 saturated heterocycles. The maximum absolute atomic E-state index is 12.3. The lowest BCUT2D eigenvalue weighted by molar-refractivity contribution is -0.152. The Hall–Kier alpha value is -3.57. The average Bonchev–Trinajstić information content (AvgIpc) is 3.48. The molecule has 0 bridgehead atoms. The second-order valence-electron chi connectivity index (χ2n) is 9.19. The molecule has 0 amide bonds. The average molecular weight is 496 g/mol. The summed E-state index contributed by atoms with van der Waals surface area (Å²) in [5.41, 5.74) is 1.56. The Morgan fingerprint density at radius 2 is 1.92 bits per heavy atom. The fraction of sp³-hybridized carbons (Fsp3) is 0.480. The van der Waals surface area contributed by atoms with Gasteiger partial charge in [0.25, 0.3) is 0 Å². The first-order valence-electron chi connectivity index (χ1n) is 12.1. The van der Waals surface area contributed by atoms with Gasteiger partial charge in [-0.25, -0.2) is 19.7 Å². The molecule has 11 heteroatoms. The lowest BCUT2D eigenvalue weighted by atomic mass is 9.93. The van der Waals surface area contributed by atoms with Crippen molar-refractivity contribution < 1.29 is 28.9 Å². The summed E-state index contributed by atoms with van der Waals surface area (Å²) < 4.78 is 18.9. The van der Waals surface area contributed by atoms with E-state index in [-0.39, 0.29) is 18.8 Å². The van der Waals surface area contributed by atoms with Crippen LogP contribution in [0.5, 0.6) is 0 Å². The van der Waals surface area contributed by atoms with E-state index < -0.39 is 30.4 Å². The number of aromatic nitrogens is 4. The zero-order valence-electron chi connectivity index (χ0n) is 19.9. The van der Waals surface area contributed by atoms with E-state index in [9.17, 15) is 14.7 Å². The largest absolute Gasteiger partial charge is 0.459 e. The number of benzene rings is 1. The number of rotatable bonds is 7. The third-order valence-electron chi connectivity index (χ3n) is 6.54. The Morgan fingerprint density at radius 3 is 2.67 bits per heavy atom. The van der Waals surface area contributed by atoms with Crippen LogP contribution in [-0.2, 0) is 19.0 Å². The van der Waals surface area contributed by atoms with Crippen molar-refractivity contribution in [2.24, 2.45) is 0 Å². The van der Waals surface area contributed by atoms with Crippen LogP contribution in [0, 0.1) is 0 Å². The highest BCUT2D eigenvalue weighted by Gasteiger charge is 2.40. The maximum atomic E-state index is 12.3. The summed E-state index contributed by atoms with van der Waals surface area (Å²) in [6.07, 6.45) is 4.57. The van der Waals surface area contributed by atoms with Gasteiger partial charge < -0.3 is 24.6 Å². The Bertz CT molecular complexity index is 1210. The minimum atomic E-state index is -0.688. The molecular formula is C25H29N5O6. The van der Waals surface area contributed by atoms with E-state index in [1.165, 1.54) is 13.3 Å². The fourth-order valence-corrected chi connectivity index (χ4v) is 4.77. The Balaban J connectivity index is 1.32. The van der Waals surface area contributed by atoms with E-state index in [0.717, 1.165) is 25.7 Å². The predicted molar refractivity (Wildman–Crippen MR) is 128 cm³/mol. The Kier molecular flexibility index (Phi) is 7.10. The van der Waals surface area contributed by atoms with Gasteiger partial charge in [0.05, 0.1) is 24.1 Å². The van der Waals surface area contributed by atoms with Gasteiger partial charge in [-0.2, -0.15) is 0 Å². The van der Waals surface area contributed by atoms with E-state index in [1.54, 1.807) is 35.2 Å². The van der Waals surface area contributed by atoms with E-state index in [0.29, 0.717) is 29.0 Å². The van der Waals surface area contributed by atoms with Gasteiger partial charge in [0.15, 0.2) is 23.2 Å². The number of imidazole rings is 1. The van der Waals surface area contributed by atoms with Crippen LogP contribution in [-0.4, -0.2) is 67.5 Å². The highest BCUT2D eigenvalue weighted by molar-refractivity contribution is 5.89. The van der Waals surface area contributed by atoms with Crippen molar-refractivity contribution in [2.45, 2.75) is 69.6 Å². The molecule has 0 spiro atoms. The zero-order valence-corrected chi connectivity index (χ0v) is 19.9. The van der Waals surface area contributed by atoms with Crippen molar-refractivity contribution in [2.75, 3.05) is 11.9 Å². The molecule has 5 rings (SSSR count).